The van der Waals surface area contributed by atoms with E-state index in [2.05, 4.69) is 17.2 Å². The first kappa shape index (κ1) is 28.9. The highest BCUT2D eigenvalue weighted by Crippen LogP contribution is 2.42. The third-order valence-corrected chi connectivity index (χ3v) is 7.84. The highest BCUT2D eigenvalue weighted by molar-refractivity contribution is 8.05. The van der Waals surface area contributed by atoms with E-state index in [-0.39, 0.29) is 56.6 Å². The Labute approximate surface area is 228 Å². The van der Waals surface area contributed by atoms with Crippen LogP contribution in [0, 0.1) is 23.2 Å². The predicted molar refractivity (Wildman–Crippen MR) is 149 cm³/mol. The molecule has 1 saturated carbocycles. The summed E-state index contributed by atoms with van der Waals surface area (Å²) in [7, 11) is 0. The zero-order chi connectivity index (χ0) is 27.5. The molecule has 1 aliphatic carbocycles. The van der Waals surface area contributed by atoms with Crippen molar-refractivity contribution in [3.05, 3.63) is 39.4 Å². The molecule has 1 aromatic rings. The summed E-state index contributed by atoms with van der Waals surface area (Å²) in [6.07, 6.45) is 2.99. The van der Waals surface area contributed by atoms with Gasteiger partial charge in [0.25, 0.3) is 5.91 Å². The van der Waals surface area contributed by atoms with Crippen LogP contribution in [0.2, 0.25) is 5.02 Å². The van der Waals surface area contributed by atoms with Crippen LogP contribution < -0.4 is 11.1 Å². The van der Waals surface area contributed by atoms with Gasteiger partial charge in [0.2, 0.25) is 5.91 Å². The second-order valence-electron chi connectivity index (χ2n) is 11.0. The SMILES string of the molecule is CC(C)C(=O)NC1CCC(N(C(=O)c2ccc(Cl)cc2N)C2=C(C(=O)O)SC(C#CC(C)(C)C)C2)CC1. The number of benzene rings is 1. The van der Waals surface area contributed by atoms with Gasteiger partial charge < -0.3 is 21.1 Å². The number of carbonyl (C=O) groups is 3. The zero-order valence-corrected chi connectivity index (χ0v) is 23.6. The molecule has 2 aliphatic rings. The molecule has 1 atom stereocenters. The maximum atomic E-state index is 14.0. The fourth-order valence-corrected chi connectivity index (χ4v) is 5.74. The van der Waals surface area contributed by atoms with Crippen molar-refractivity contribution in [2.24, 2.45) is 11.3 Å². The van der Waals surface area contributed by atoms with Crippen LogP contribution in [-0.2, 0) is 9.59 Å². The minimum absolute atomic E-state index is 0.00801. The number of nitrogens with two attached hydrogens (primary N) is 1. The Kier molecular flexibility index (Phi) is 9.25. The Morgan fingerprint density at radius 1 is 1.19 bits per heavy atom. The standard InChI is InChI=1S/C28H36ClN3O4S/c1-16(2)25(33)31-18-7-9-19(10-8-18)32(26(34)21-11-6-17(29)14-22(21)30)23-15-20(12-13-28(3,4)5)37-24(23)27(35)36/h6,11,14,16,18-20H,7-10,15,30H2,1-5H3,(H,31,33)(H,35,36). The van der Waals surface area contributed by atoms with Gasteiger partial charge in [-0.1, -0.05) is 49.1 Å². The van der Waals surface area contributed by atoms with Crippen LogP contribution in [-0.4, -0.2) is 45.1 Å². The van der Waals surface area contributed by atoms with Gasteiger partial charge >= 0.3 is 5.97 Å². The van der Waals surface area contributed by atoms with E-state index in [1.165, 1.54) is 17.8 Å². The Bertz CT molecular complexity index is 1150. The number of aliphatic carboxylic acids is 1. The predicted octanol–water partition coefficient (Wildman–Crippen LogP) is 5.30. The number of carboxylic acids is 1. The number of nitrogen functional groups attached to an aromatic ring is 1. The molecule has 0 radical (unpaired) electrons. The molecule has 1 aliphatic heterocycles. The number of nitrogens with one attached hydrogen (secondary N) is 1. The summed E-state index contributed by atoms with van der Waals surface area (Å²) in [6, 6.07) is 4.52. The lowest BCUT2D eigenvalue weighted by atomic mass is 9.88. The molecular formula is C28H36ClN3O4S. The van der Waals surface area contributed by atoms with Crippen LogP contribution in [0.3, 0.4) is 0 Å². The van der Waals surface area contributed by atoms with E-state index < -0.39 is 5.97 Å². The lowest BCUT2D eigenvalue weighted by molar-refractivity contribution is -0.132. The molecule has 1 unspecified atom stereocenters. The number of amides is 2. The highest BCUT2D eigenvalue weighted by Gasteiger charge is 2.39. The maximum absolute atomic E-state index is 14.0. The second-order valence-corrected chi connectivity index (χ2v) is 12.6. The summed E-state index contributed by atoms with van der Waals surface area (Å²) in [5.74, 6) is 4.90. The number of hydrogen-bond donors (Lipinski definition) is 3. The number of nitrogens with zero attached hydrogens (tertiary/aromatic N) is 1. The van der Waals surface area contributed by atoms with Crippen molar-refractivity contribution in [1.29, 1.82) is 0 Å². The summed E-state index contributed by atoms with van der Waals surface area (Å²) in [5, 5.41) is 13.3. The second kappa shape index (κ2) is 11.8. The summed E-state index contributed by atoms with van der Waals surface area (Å²) in [6.45, 7) is 9.72. The summed E-state index contributed by atoms with van der Waals surface area (Å²) < 4.78 is 0. The molecule has 3 rings (SSSR count). The number of anilines is 1. The van der Waals surface area contributed by atoms with Gasteiger partial charge in [0.1, 0.15) is 4.91 Å². The van der Waals surface area contributed by atoms with Gasteiger partial charge in [0.05, 0.1) is 10.8 Å². The Hall–Kier alpha value is -2.63. The Morgan fingerprint density at radius 2 is 1.84 bits per heavy atom. The largest absolute Gasteiger partial charge is 0.477 e. The van der Waals surface area contributed by atoms with Crippen molar-refractivity contribution < 1.29 is 19.5 Å². The molecule has 200 valence electrons. The van der Waals surface area contributed by atoms with Gasteiger partial charge in [0.15, 0.2) is 0 Å². The number of allylic oxidation sites excluding steroid dienone is 1. The quantitative estimate of drug-likeness (QED) is 0.330. The molecule has 7 nitrogen and oxygen atoms in total. The van der Waals surface area contributed by atoms with Crippen molar-refractivity contribution in [2.75, 3.05) is 5.73 Å². The smallest absolute Gasteiger partial charge is 0.344 e. The number of carbonyl (C=O) groups excluding carboxylic acids is 2. The van der Waals surface area contributed by atoms with Crippen molar-refractivity contribution in [1.82, 2.24) is 10.2 Å². The van der Waals surface area contributed by atoms with Crippen LogP contribution in [0.5, 0.6) is 0 Å². The first-order chi connectivity index (χ1) is 17.3. The van der Waals surface area contributed by atoms with Crippen molar-refractivity contribution in [3.8, 4) is 11.8 Å². The molecule has 2 amide bonds. The monoisotopic (exact) mass is 545 g/mol. The van der Waals surface area contributed by atoms with E-state index in [0.717, 1.165) is 0 Å². The van der Waals surface area contributed by atoms with Crippen LogP contribution in [0.4, 0.5) is 5.69 Å². The van der Waals surface area contributed by atoms with Gasteiger partial charge in [-0.15, -0.1) is 0 Å². The van der Waals surface area contributed by atoms with Crippen LogP contribution >= 0.6 is 23.4 Å². The molecule has 0 bridgehead atoms. The number of carboxylic acid groups (broad SMARTS) is 1. The van der Waals surface area contributed by atoms with E-state index in [4.69, 9.17) is 17.3 Å². The lowest BCUT2D eigenvalue weighted by Gasteiger charge is -2.38. The summed E-state index contributed by atoms with van der Waals surface area (Å²) in [5.41, 5.74) is 6.95. The minimum Gasteiger partial charge on any atom is -0.477 e. The first-order valence-electron chi connectivity index (χ1n) is 12.6. The lowest BCUT2D eigenvalue weighted by Crippen LogP contribution is -2.46. The molecule has 1 heterocycles. The van der Waals surface area contributed by atoms with Crippen LogP contribution in [0.15, 0.2) is 28.8 Å². The molecular weight excluding hydrogens is 510 g/mol. The third-order valence-electron chi connectivity index (χ3n) is 6.39. The van der Waals surface area contributed by atoms with E-state index in [1.54, 1.807) is 17.0 Å². The minimum atomic E-state index is -1.07. The van der Waals surface area contributed by atoms with Gasteiger partial charge in [0, 0.05) is 46.2 Å². The summed E-state index contributed by atoms with van der Waals surface area (Å²) >= 11 is 7.26. The number of rotatable bonds is 6. The molecule has 0 saturated heterocycles. The number of halogens is 1. The first-order valence-corrected chi connectivity index (χ1v) is 13.9. The fraction of sp³-hybridized carbons (Fsp3) is 0.536. The number of thioether (sulfide) groups is 1. The average Bonchev–Trinajstić information content (AvgIpc) is 3.22. The van der Waals surface area contributed by atoms with Crippen LogP contribution in [0.25, 0.3) is 0 Å². The molecule has 1 aromatic carbocycles. The van der Waals surface area contributed by atoms with Crippen molar-refractivity contribution in [3.63, 3.8) is 0 Å². The van der Waals surface area contributed by atoms with Gasteiger partial charge in [-0.05, 0) is 64.7 Å². The molecule has 0 spiro atoms. The maximum Gasteiger partial charge on any atom is 0.344 e. The molecule has 0 aromatic heterocycles. The van der Waals surface area contributed by atoms with E-state index in [9.17, 15) is 19.5 Å². The molecule has 9 heteroatoms. The van der Waals surface area contributed by atoms with Crippen molar-refractivity contribution in [2.45, 2.75) is 84.1 Å². The molecule has 1 fully saturated rings. The van der Waals surface area contributed by atoms with Crippen molar-refractivity contribution >= 4 is 46.8 Å². The summed E-state index contributed by atoms with van der Waals surface area (Å²) in [4.78, 5) is 40.2. The van der Waals surface area contributed by atoms with Gasteiger partial charge in [-0.3, -0.25) is 9.59 Å². The van der Waals surface area contributed by atoms with E-state index in [1.807, 2.05) is 34.6 Å². The van der Waals surface area contributed by atoms with Crippen LogP contribution in [0.1, 0.15) is 77.1 Å². The molecule has 4 N–H and O–H groups in total. The average molecular weight is 546 g/mol. The Morgan fingerprint density at radius 3 is 2.38 bits per heavy atom. The normalized spacial score (nSPS) is 21.9. The fourth-order valence-electron chi connectivity index (χ4n) is 4.49. The van der Waals surface area contributed by atoms with E-state index in [0.29, 0.717) is 42.8 Å². The topological polar surface area (TPSA) is 113 Å². The molecule has 37 heavy (non-hydrogen) atoms. The Balaban J connectivity index is 1.95. The van der Waals surface area contributed by atoms with Gasteiger partial charge in [-0.25, -0.2) is 4.79 Å². The zero-order valence-electron chi connectivity index (χ0n) is 22.1. The number of hydrogen-bond acceptors (Lipinski definition) is 5. The third kappa shape index (κ3) is 7.45. The highest BCUT2D eigenvalue weighted by atomic mass is 35.5. The van der Waals surface area contributed by atoms with E-state index >= 15 is 0 Å². The van der Waals surface area contributed by atoms with Gasteiger partial charge in [-0.2, -0.15) is 0 Å².